The van der Waals surface area contributed by atoms with Crippen LogP contribution >= 0.6 is 0 Å². The molecule has 0 saturated heterocycles. The highest BCUT2D eigenvalue weighted by molar-refractivity contribution is 7.91. The van der Waals surface area contributed by atoms with Gasteiger partial charge in [-0.25, -0.2) is 13.4 Å². The van der Waals surface area contributed by atoms with E-state index in [2.05, 4.69) is 32.8 Å². The van der Waals surface area contributed by atoms with E-state index in [0.29, 0.717) is 32.1 Å². The molecule has 0 N–H and O–H groups in total. The molecule has 0 spiro atoms. The Morgan fingerprint density at radius 2 is 1.22 bits per heavy atom. The summed E-state index contributed by atoms with van der Waals surface area (Å²) in [5.74, 6) is 0.328. The number of amides is 2. The van der Waals surface area contributed by atoms with Crippen LogP contribution in [-0.4, -0.2) is 78.9 Å². The maximum Gasteiger partial charge on any atom is 0.431 e. The summed E-state index contributed by atoms with van der Waals surface area (Å²) >= 11 is 0. The Balaban J connectivity index is 1.65. The topological polar surface area (TPSA) is 124 Å². The van der Waals surface area contributed by atoms with Crippen molar-refractivity contribution >= 4 is 39.1 Å². The summed E-state index contributed by atoms with van der Waals surface area (Å²) in [5.41, 5.74) is 2.60. The first kappa shape index (κ1) is 45.4. The lowest BCUT2D eigenvalue weighted by atomic mass is 10.2. The Hall–Kier alpha value is -5.69. The summed E-state index contributed by atoms with van der Waals surface area (Å²) in [6.45, 7) is 12.4. The van der Waals surface area contributed by atoms with E-state index in [0.717, 1.165) is 68.3 Å². The van der Waals surface area contributed by atoms with Gasteiger partial charge in [-0.2, -0.15) is 9.13 Å². The minimum atomic E-state index is -4.22. The Kier molecular flexibility index (Phi) is 17.1. The van der Waals surface area contributed by atoms with Crippen LogP contribution in [-0.2, 0) is 19.4 Å². The maximum absolute atomic E-state index is 14.7. The molecule has 12 nitrogen and oxygen atoms in total. The van der Waals surface area contributed by atoms with E-state index in [1.165, 1.54) is 12.3 Å². The van der Waals surface area contributed by atoms with Gasteiger partial charge < -0.3 is 14.7 Å². The van der Waals surface area contributed by atoms with Gasteiger partial charge in [-0.3, -0.25) is 9.59 Å². The maximum atomic E-state index is 14.7. The minimum Gasteiger partial charge on any atom is -0.341 e. The van der Waals surface area contributed by atoms with Gasteiger partial charge >= 0.3 is 5.95 Å². The highest BCUT2D eigenvalue weighted by Gasteiger charge is 2.29. The number of imidazole rings is 1. The molecule has 5 rings (SSSR count). The van der Waals surface area contributed by atoms with E-state index >= 15 is 0 Å². The first-order chi connectivity index (χ1) is 29.1. The molecule has 0 saturated carbocycles. The summed E-state index contributed by atoms with van der Waals surface area (Å²) in [6.07, 6.45) is 12.3. The quantitative estimate of drug-likeness (QED) is 0.0477. The van der Waals surface area contributed by atoms with Crippen LogP contribution in [0.3, 0.4) is 0 Å². The number of hydrogen-bond donors (Lipinski definition) is 0. The van der Waals surface area contributed by atoms with Crippen molar-refractivity contribution in [1.82, 2.24) is 19.4 Å². The van der Waals surface area contributed by atoms with E-state index < -0.39 is 9.84 Å². The van der Waals surface area contributed by atoms with Gasteiger partial charge in [0.1, 0.15) is 40.2 Å². The number of carbonyl (C=O) groups is 2. The van der Waals surface area contributed by atoms with Crippen LogP contribution in [0, 0.1) is 6.92 Å². The van der Waals surface area contributed by atoms with Crippen LogP contribution in [0.25, 0.3) is 11.4 Å². The van der Waals surface area contributed by atoms with E-state index in [9.17, 15) is 18.0 Å². The molecule has 0 aliphatic heterocycles. The van der Waals surface area contributed by atoms with Crippen molar-refractivity contribution in [2.24, 2.45) is 10.2 Å². The lowest BCUT2D eigenvalue weighted by Crippen LogP contribution is -2.46. The third kappa shape index (κ3) is 12.0. The predicted molar refractivity (Wildman–Crippen MR) is 237 cm³/mol. The largest absolute Gasteiger partial charge is 0.431 e. The van der Waals surface area contributed by atoms with Gasteiger partial charge in [-0.15, -0.1) is 0 Å². The first-order valence-electron chi connectivity index (χ1n) is 21.4. The number of benzene rings is 3. The number of rotatable bonds is 23. The smallest absolute Gasteiger partial charge is 0.341 e. The fraction of sp³-hybridized carbons (Fsp3) is 0.404. The average Bonchev–Trinajstić information content (AvgIpc) is 3.70. The van der Waals surface area contributed by atoms with Gasteiger partial charge in [-0.1, -0.05) is 113 Å². The fourth-order valence-electron chi connectivity index (χ4n) is 6.75. The minimum absolute atomic E-state index is 0.0115. The molecule has 0 fully saturated rings. The molecule has 60 heavy (non-hydrogen) atoms. The van der Waals surface area contributed by atoms with Crippen molar-refractivity contribution in [3.05, 3.63) is 115 Å². The second-order valence-corrected chi connectivity index (χ2v) is 17.0. The molecule has 2 amide bonds. The monoisotopic (exact) mass is 833 g/mol. The molecule has 0 atom stereocenters. The van der Waals surface area contributed by atoms with Crippen molar-refractivity contribution in [2.75, 3.05) is 44.2 Å². The highest BCUT2D eigenvalue weighted by Crippen LogP contribution is 2.34. The molecule has 5 aromatic rings. The van der Waals surface area contributed by atoms with Crippen LogP contribution in [0.15, 0.2) is 130 Å². The molecule has 0 aliphatic rings. The highest BCUT2D eigenvalue weighted by atomic mass is 32.2. The number of unbranched alkanes of at least 4 members (excludes halogenated alkanes) is 4. The molecule has 0 aliphatic carbocycles. The second kappa shape index (κ2) is 22.6. The number of hydrogen-bond acceptors (Lipinski definition) is 8. The summed E-state index contributed by atoms with van der Waals surface area (Å²) in [4.78, 5) is 38.3. The summed E-state index contributed by atoms with van der Waals surface area (Å²) in [6, 6.07) is 27.5. The number of azo groups is 1. The van der Waals surface area contributed by atoms with E-state index in [4.69, 9.17) is 10.1 Å². The van der Waals surface area contributed by atoms with Crippen LogP contribution < -0.4 is 9.47 Å². The van der Waals surface area contributed by atoms with Crippen LogP contribution in [0.1, 0.15) is 84.6 Å². The number of sulfone groups is 1. The van der Waals surface area contributed by atoms with Gasteiger partial charge in [0.25, 0.3) is 0 Å². The number of anilines is 1. The Morgan fingerprint density at radius 3 is 1.73 bits per heavy atom. The summed E-state index contributed by atoms with van der Waals surface area (Å²) in [5, 5.41) is 9.33. The molecular weight excluding hydrogens is 773 g/mol. The van der Waals surface area contributed by atoms with Gasteiger partial charge in [0.2, 0.25) is 21.7 Å². The van der Waals surface area contributed by atoms with Crippen molar-refractivity contribution in [3.63, 3.8) is 0 Å². The Bertz CT molecular complexity index is 2150. The average molecular weight is 834 g/mol. The number of pyridine rings is 1. The summed E-state index contributed by atoms with van der Waals surface area (Å²) < 4.78 is 33.2. The fourth-order valence-corrected chi connectivity index (χ4v) is 8.13. The van der Waals surface area contributed by atoms with E-state index in [1.54, 1.807) is 29.2 Å². The number of aromatic nitrogens is 3. The number of aryl methyl sites for hydroxylation is 1. The second-order valence-electron chi connectivity index (χ2n) is 15.1. The zero-order valence-corrected chi connectivity index (χ0v) is 36.7. The molecule has 2 heterocycles. The number of nitrogens with zero attached hydrogens (tertiary/aromatic N) is 8. The molecule has 0 radical (unpaired) electrons. The Morgan fingerprint density at radius 1 is 0.700 bits per heavy atom. The lowest BCUT2D eigenvalue weighted by Gasteiger charge is -2.30. The Labute approximate surface area is 356 Å². The van der Waals surface area contributed by atoms with Gasteiger partial charge in [0, 0.05) is 37.4 Å². The van der Waals surface area contributed by atoms with Crippen LogP contribution in [0.2, 0.25) is 0 Å². The molecule has 2 aromatic heterocycles. The molecule has 0 unspecified atom stereocenters. The van der Waals surface area contributed by atoms with Gasteiger partial charge in [0.15, 0.2) is 0 Å². The number of carbonyl (C=O) groups excluding carboxylic acids is 2. The summed E-state index contributed by atoms with van der Waals surface area (Å²) in [7, 11) is -4.22. The molecular formula is C47H61N8O4S+. The zero-order chi connectivity index (χ0) is 42.9. The molecule has 13 heteroatoms. The van der Waals surface area contributed by atoms with Crippen molar-refractivity contribution in [2.45, 2.75) is 95.8 Å². The van der Waals surface area contributed by atoms with Crippen molar-refractivity contribution < 1.29 is 22.6 Å². The SMILES string of the molecule is CCCCN(CCCC)C(=O)CN(CC(=O)N(CCCC)CCCC)c1cc(S(=O)(=O)c2ccc(C)cc2)c(N=Nc2n(-c3ccccc3)cc[n+]2-c2ccccc2)cn1. The van der Waals surface area contributed by atoms with Gasteiger partial charge in [0.05, 0.1) is 24.2 Å². The van der Waals surface area contributed by atoms with Crippen LogP contribution in [0.5, 0.6) is 0 Å². The van der Waals surface area contributed by atoms with E-state index in [1.807, 2.05) is 98.9 Å². The molecule has 3 aromatic carbocycles. The van der Waals surface area contributed by atoms with E-state index in [-0.39, 0.29) is 46.2 Å². The van der Waals surface area contributed by atoms with Crippen molar-refractivity contribution in [1.29, 1.82) is 0 Å². The van der Waals surface area contributed by atoms with Crippen LogP contribution in [0.4, 0.5) is 17.5 Å². The predicted octanol–water partition coefficient (Wildman–Crippen LogP) is 9.37. The molecule has 318 valence electrons. The number of para-hydroxylation sites is 2. The third-order valence-electron chi connectivity index (χ3n) is 10.4. The van der Waals surface area contributed by atoms with Gasteiger partial charge in [-0.05, 0) is 69.0 Å². The zero-order valence-electron chi connectivity index (χ0n) is 35.9. The normalized spacial score (nSPS) is 11.6. The first-order valence-corrected chi connectivity index (χ1v) is 22.9. The standard InChI is InChI=1S/C47H61N8O4S/c1-6-10-28-51(29-11-7-2)45(56)36-53(37-46(57)52(30-12-8-3)31-13-9-4)44-34-43(60(58,59)41-26-24-38(5)25-27-41)42(35-48-44)49-50-47-54(39-20-16-14-17-21-39)32-33-55(47)40-22-18-15-19-23-40/h14-27,32-35H,6-13,28-31,36-37H2,1-5H3/q+1. The lowest BCUT2D eigenvalue weighted by molar-refractivity contribution is -0.581. The third-order valence-corrected chi connectivity index (χ3v) is 12.2. The molecule has 0 bridgehead atoms. The van der Waals surface area contributed by atoms with Crippen molar-refractivity contribution in [3.8, 4) is 11.4 Å².